The monoisotopic (exact) mass is 365 g/mol. The van der Waals surface area contributed by atoms with Gasteiger partial charge in [0.05, 0.1) is 5.56 Å². The van der Waals surface area contributed by atoms with Crippen molar-refractivity contribution in [3.63, 3.8) is 0 Å². The van der Waals surface area contributed by atoms with Gasteiger partial charge in [-0.2, -0.15) is 30.6 Å². The van der Waals surface area contributed by atoms with Crippen molar-refractivity contribution in [3.8, 4) is 0 Å². The number of amides is 1. The van der Waals surface area contributed by atoms with Crippen molar-refractivity contribution in [2.24, 2.45) is 0 Å². The summed E-state index contributed by atoms with van der Waals surface area (Å²) >= 11 is 0. The Morgan fingerprint density at radius 1 is 1.29 bits per heavy atom. The van der Waals surface area contributed by atoms with Crippen LogP contribution in [0.25, 0.3) is 0 Å². The molecule has 1 aliphatic rings. The summed E-state index contributed by atoms with van der Waals surface area (Å²) in [4.78, 5) is 13.2. The van der Waals surface area contributed by atoms with E-state index in [1.807, 2.05) is 0 Å². The molecule has 0 aliphatic carbocycles. The molecule has 1 saturated heterocycles. The molecule has 10 heteroatoms. The zero-order valence-corrected chi connectivity index (χ0v) is 14.0. The van der Waals surface area contributed by atoms with Gasteiger partial charge >= 0.3 is 6.18 Å². The second kappa shape index (κ2) is 6.69. The number of rotatable bonds is 5. The van der Waals surface area contributed by atoms with Gasteiger partial charge in [-0.25, -0.2) is 0 Å². The van der Waals surface area contributed by atoms with E-state index in [-0.39, 0.29) is 25.1 Å². The van der Waals surface area contributed by atoms with Gasteiger partial charge in [-0.15, -0.1) is 0 Å². The summed E-state index contributed by atoms with van der Waals surface area (Å²) in [5.74, 6) is -0.390. The Labute approximate surface area is 138 Å². The molecule has 2 rings (SSSR count). The quantitative estimate of drug-likeness (QED) is 0.853. The zero-order chi connectivity index (χ0) is 18.1. The number of nitrogens with one attached hydrogen (secondary N) is 1. The third kappa shape index (κ3) is 4.25. The molecule has 134 valence electrons. The molecule has 1 N–H and O–H groups in total. The molecule has 1 fully saturated rings. The number of carbonyl (C=O) groups is 1. The van der Waals surface area contributed by atoms with Crippen LogP contribution in [0.3, 0.4) is 0 Å². The Bertz CT molecular complexity index is 719. The first-order valence-electron chi connectivity index (χ1n) is 7.13. The van der Waals surface area contributed by atoms with Crippen molar-refractivity contribution in [2.45, 2.75) is 25.2 Å². The van der Waals surface area contributed by atoms with Crippen LogP contribution in [-0.2, 0) is 27.7 Å². The molecular weight excluding hydrogens is 347 g/mol. The summed E-state index contributed by atoms with van der Waals surface area (Å²) in [6, 6.07) is 4.36. The minimum atomic E-state index is -4.51. The van der Waals surface area contributed by atoms with E-state index in [0.29, 0.717) is 0 Å². The highest BCUT2D eigenvalue weighted by Gasteiger charge is 2.36. The molecule has 24 heavy (non-hydrogen) atoms. The third-order valence-corrected chi connectivity index (χ3v) is 5.29. The predicted molar refractivity (Wildman–Crippen MR) is 81.0 cm³/mol. The molecule has 1 aliphatic heterocycles. The smallest absolute Gasteiger partial charge is 0.337 e. The molecule has 1 amide bonds. The van der Waals surface area contributed by atoms with Crippen molar-refractivity contribution in [1.82, 2.24) is 13.9 Å². The minimum absolute atomic E-state index is 0.0190. The molecule has 6 nitrogen and oxygen atoms in total. The van der Waals surface area contributed by atoms with Gasteiger partial charge in [-0.05, 0) is 11.6 Å². The van der Waals surface area contributed by atoms with E-state index in [0.717, 1.165) is 10.4 Å². The summed E-state index contributed by atoms with van der Waals surface area (Å²) < 4.78 is 65.9. The molecule has 1 aromatic rings. The highest BCUT2D eigenvalue weighted by atomic mass is 32.2. The van der Waals surface area contributed by atoms with Crippen molar-refractivity contribution >= 4 is 16.1 Å². The highest BCUT2D eigenvalue weighted by molar-refractivity contribution is 7.87. The minimum Gasteiger partial charge on any atom is -0.337 e. The fraction of sp³-hybridized carbons (Fsp3) is 0.500. The van der Waals surface area contributed by atoms with Gasteiger partial charge in [-0.1, -0.05) is 18.2 Å². The topological polar surface area (TPSA) is 69.7 Å². The van der Waals surface area contributed by atoms with E-state index in [2.05, 4.69) is 4.72 Å². The summed E-state index contributed by atoms with van der Waals surface area (Å²) in [5, 5.41) is 0. The number of likely N-dealkylation sites (tertiary alicyclic amines) is 1. The lowest BCUT2D eigenvalue weighted by atomic mass is 10.1. The summed E-state index contributed by atoms with van der Waals surface area (Å²) in [6.45, 7) is -0.188. The van der Waals surface area contributed by atoms with E-state index in [1.165, 1.54) is 37.2 Å². The molecule has 1 heterocycles. The van der Waals surface area contributed by atoms with Crippen LogP contribution >= 0.6 is 0 Å². The van der Waals surface area contributed by atoms with Crippen LogP contribution in [-0.4, -0.2) is 50.2 Å². The summed E-state index contributed by atoms with van der Waals surface area (Å²) in [5.41, 5.74) is -0.815. The van der Waals surface area contributed by atoms with Gasteiger partial charge in [0.15, 0.2) is 0 Å². The highest BCUT2D eigenvalue weighted by Crippen LogP contribution is 2.32. The van der Waals surface area contributed by atoms with E-state index in [1.54, 1.807) is 0 Å². The number of hydrogen-bond donors (Lipinski definition) is 1. The Morgan fingerprint density at radius 2 is 1.92 bits per heavy atom. The Hall–Kier alpha value is -1.65. The average molecular weight is 365 g/mol. The fourth-order valence-electron chi connectivity index (χ4n) is 2.46. The van der Waals surface area contributed by atoms with Crippen molar-refractivity contribution < 1.29 is 26.4 Å². The summed E-state index contributed by atoms with van der Waals surface area (Å²) in [6.07, 6.45) is -4.59. The SMILES string of the molecule is CN(C)S(=O)(=O)N[C@@H]1CC(=O)N(Cc2ccccc2C(F)(F)F)C1. The Kier molecular flexibility index (Phi) is 5.21. The van der Waals surface area contributed by atoms with Crippen molar-refractivity contribution in [2.75, 3.05) is 20.6 Å². The van der Waals surface area contributed by atoms with Crippen molar-refractivity contribution in [1.29, 1.82) is 0 Å². The molecule has 1 atom stereocenters. The van der Waals surface area contributed by atoms with Crippen LogP contribution in [0, 0.1) is 0 Å². The lowest BCUT2D eigenvalue weighted by molar-refractivity contribution is -0.139. The number of nitrogens with zero attached hydrogens (tertiary/aromatic N) is 2. The maximum absolute atomic E-state index is 13.0. The zero-order valence-electron chi connectivity index (χ0n) is 13.2. The average Bonchev–Trinajstić information content (AvgIpc) is 2.77. The number of halogens is 3. The molecule has 0 spiro atoms. The molecule has 0 bridgehead atoms. The summed E-state index contributed by atoms with van der Waals surface area (Å²) in [7, 11) is -1.02. The first-order valence-corrected chi connectivity index (χ1v) is 8.57. The standard InChI is InChI=1S/C14H18F3N3O3S/c1-19(2)24(22,23)18-11-7-13(21)20(9-11)8-10-5-3-4-6-12(10)14(15,16)17/h3-6,11,18H,7-9H2,1-2H3/t11-/m1/s1. The van der Waals surface area contributed by atoms with Gasteiger partial charge in [0, 0.05) is 39.6 Å². The van der Waals surface area contributed by atoms with Gasteiger partial charge in [-0.3, -0.25) is 4.79 Å². The normalized spacial score (nSPS) is 19.3. The third-order valence-electron chi connectivity index (χ3n) is 3.69. The van der Waals surface area contributed by atoms with Crippen LogP contribution < -0.4 is 4.72 Å². The number of hydrogen-bond acceptors (Lipinski definition) is 3. The fourth-order valence-corrected chi connectivity index (χ4v) is 3.25. The molecule has 0 unspecified atom stereocenters. The van der Waals surface area contributed by atoms with Crippen LogP contribution in [0.2, 0.25) is 0 Å². The first-order chi connectivity index (χ1) is 11.0. The molecule has 0 aromatic heterocycles. The van der Waals surface area contributed by atoms with Gasteiger partial charge in [0.2, 0.25) is 5.91 Å². The van der Waals surface area contributed by atoms with Crippen molar-refractivity contribution in [3.05, 3.63) is 35.4 Å². The first kappa shape index (κ1) is 18.7. The predicted octanol–water partition coefficient (Wildman–Crippen LogP) is 1.20. The van der Waals surface area contributed by atoms with E-state index in [9.17, 15) is 26.4 Å². The number of alkyl halides is 3. The van der Waals surface area contributed by atoms with Crippen LogP contribution in [0.5, 0.6) is 0 Å². The number of benzene rings is 1. The maximum Gasteiger partial charge on any atom is 0.416 e. The lowest BCUT2D eigenvalue weighted by Crippen LogP contribution is -2.43. The van der Waals surface area contributed by atoms with Gasteiger partial charge in [0.25, 0.3) is 10.2 Å². The Balaban J connectivity index is 2.12. The second-order valence-electron chi connectivity index (χ2n) is 5.74. The van der Waals surface area contributed by atoms with Crippen LogP contribution in [0.1, 0.15) is 17.5 Å². The van der Waals surface area contributed by atoms with Gasteiger partial charge in [0.1, 0.15) is 0 Å². The van der Waals surface area contributed by atoms with Crippen LogP contribution in [0.4, 0.5) is 13.2 Å². The largest absolute Gasteiger partial charge is 0.416 e. The van der Waals surface area contributed by atoms with Crippen LogP contribution in [0.15, 0.2) is 24.3 Å². The number of carbonyl (C=O) groups excluding carboxylic acids is 1. The van der Waals surface area contributed by atoms with E-state index >= 15 is 0 Å². The van der Waals surface area contributed by atoms with Gasteiger partial charge < -0.3 is 4.90 Å². The van der Waals surface area contributed by atoms with E-state index in [4.69, 9.17) is 0 Å². The maximum atomic E-state index is 13.0. The molecule has 0 radical (unpaired) electrons. The molecular formula is C14H18F3N3O3S. The lowest BCUT2D eigenvalue weighted by Gasteiger charge is -2.20. The molecule has 0 saturated carbocycles. The Morgan fingerprint density at radius 3 is 2.50 bits per heavy atom. The second-order valence-corrected chi connectivity index (χ2v) is 7.65. The van der Waals surface area contributed by atoms with E-state index < -0.39 is 33.9 Å². The molecule has 1 aromatic carbocycles.